The molecule has 0 aromatic carbocycles. The van der Waals surface area contributed by atoms with Crippen molar-refractivity contribution in [3.05, 3.63) is 54.0 Å². The van der Waals surface area contributed by atoms with Gasteiger partial charge in [-0.3, -0.25) is 14.6 Å². The molecule has 1 aliphatic rings. The maximum Gasteiger partial charge on any atom is 0.287 e. The van der Waals surface area contributed by atoms with Gasteiger partial charge in [-0.2, -0.15) is 4.31 Å². The Morgan fingerprint density at radius 1 is 1.18 bits per heavy atom. The lowest BCUT2D eigenvalue weighted by Gasteiger charge is -2.27. The molecule has 1 saturated heterocycles. The molecule has 11 nitrogen and oxygen atoms in total. The highest BCUT2D eigenvalue weighted by molar-refractivity contribution is 7.89. The standard InChI is InChI=1S/C27H35N5O6S/c1-17(11-14-30-27(35)26-19(3)25-22(38-26)7-6-13-29-25)15-23(34)31-20-10-9-18(2)32(16-21(20)33)39(36,37)24-8-4-5-12-28-24/h4-8,12-13,17-18,20-21,33H,9-11,14-16H2,1-3H3,(H,30,35)(H,31,34)/t17?,18-,20+,21+/m1/s1. The van der Waals surface area contributed by atoms with Crippen LogP contribution in [-0.4, -0.2) is 70.9 Å². The molecule has 0 spiro atoms. The lowest BCUT2D eigenvalue weighted by atomic mass is 10.0. The summed E-state index contributed by atoms with van der Waals surface area (Å²) in [7, 11) is -3.88. The third-order valence-electron chi connectivity index (χ3n) is 7.12. The summed E-state index contributed by atoms with van der Waals surface area (Å²) in [4.78, 5) is 33.6. The number of fused-ring (bicyclic) bond motifs is 1. The molecule has 1 fully saturated rings. The number of rotatable bonds is 9. The first kappa shape index (κ1) is 28.7. The van der Waals surface area contributed by atoms with Crippen LogP contribution in [0.25, 0.3) is 11.1 Å². The smallest absolute Gasteiger partial charge is 0.287 e. The first-order valence-corrected chi connectivity index (χ1v) is 14.5. The molecule has 2 amide bonds. The van der Waals surface area contributed by atoms with E-state index >= 15 is 0 Å². The van der Waals surface area contributed by atoms with Gasteiger partial charge in [-0.05, 0) is 63.3 Å². The molecule has 0 radical (unpaired) electrons. The van der Waals surface area contributed by atoms with Crippen molar-refractivity contribution in [3.63, 3.8) is 0 Å². The number of carbonyl (C=O) groups excluding carboxylic acids is 2. The fraction of sp³-hybridized carbons (Fsp3) is 0.481. The largest absolute Gasteiger partial charge is 0.449 e. The minimum atomic E-state index is -3.88. The van der Waals surface area contributed by atoms with E-state index in [-0.39, 0.29) is 47.5 Å². The molecule has 1 unspecified atom stereocenters. The molecular weight excluding hydrogens is 522 g/mol. The predicted octanol–water partition coefficient (Wildman–Crippen LogP) is 2.40. The Hall–Kier alpha value is -3.35. The summed E-state index contributed by atoms with van der Waals surface area (Å²) in [5.74, 6) is -0.370. The topological polar surface area (TPSA) is 155 Å². The average molecular weight is 558 g/mol. The van der Waals surface area contributed by atoms with Gasteiger partial charge in [0.2, 0.25) is 5.91 Å². The van der Waals surface area contributed by atoms with Crippen LogP contribution in [0.2, 0.25) is 0 Å². The molecule has 0 saturated carbocycles. The van der Waals surface area contributed by atoms with Gasteiger partial charge < -0.3 is 20.2 Å². The number of hydrogen-bond acceptors (Lipinski definition) is 8. The normalized spacial score (nSPS) is 21.3. The van der Waals surface area contributed by atoms with Crippen LogP contribution in [0.3, 0.4) is 0 Å². The molecule has 4 rings (SSSR count). The molecule has 39 heavy (non-hydrogen) atoms. The molecule has 4 atom stereocenters. The van der Waals surface area contributed by atoms with Gasteiger partial charge in [0.05, 0.1) is 12.1 Å². The van der Waals surface area contributed by atoms with Crippen molar-refractivity contribution in [2.45, 2.75) is 69.7 Å². The van der Waals surface area contributed by atoms with E-state index in [0.29, 0.717) is 42.5 Å². The van der Waals surface area contributed by atoms with Crippen LogP contribution < -0.4 is 10.6 Å². The Morgan fingerprint density at radius 3 is 2.67 bits per heavy atom. The van der Waals surface area contributed by atoms with Gasteiger partial charge in [0.1, 0.15) is 5.52 Å². The van der Waals surface area contributed by atoms with Crippen LogP contribution >= 0.6 is 0 Å². The van der Waals surface area contributed by atoms with E-state index in [1.807, 2.05) is 6.92 Å². The van der Waals surface area contributed by atoms with Crippen molar-refractivity contribution in [1.29, 1.82) is 0 Å². The number of amides is 2. The summed E-state index contributed by atoms with van der Waals surface area (Å²) in [6.07, 6.45) is 3.70. The number of aromatic nitrogens is 2. The number of aliphatic hydroxyl groups is 1. The van der Waals surface area contributed by atoms with Gasteiger partial charge in [0.15, 0.2) is 16.4 Å². The van der Waals surface area contributed by atoms with E-state index in [9.17, 15) is 23.1 Å². The van der Waals surface area contributed by atoms with Gasteiger partial charge in [-0.15, -0.1) is 0 Å². The number of sulfonamides is 1. The van der Waals surface area contributed by atoms with Gasteiger partial charge in [0.25, 0.3) is 15.9 Å². The second kappa shape index (κ2) is 12.2. The quantitative estimate of drug-likeness (QED) is 0.362. The minimum Gasteiger partial charge on any atom is -0.449 e. The van der Waals surface area contributed by atoms with Crippen molar-refractivity contribution in [1.82, 2.24) is 24.9 Å². The Kier molecular flexibility index (Phi) is 8.98. The van der Waals surface area contributed by atoms with Crippen LogP contribution in [-0.2, 0) is 14.8 Å². The number of carbonyl (C=O) groups is 2. The summed E-state index contributed by atoms with van der Waals surface area (Å²) in [6, 6.07) is 7.25. The Labute approximate surface area is 228 Å². The predicted molar refractivity (Wildman–Crippen MR) is 144 cm³/mol. The highest BCUT2D eigenvalue weighted by atomic mass is 32.2. The zero-order valence-electron chi connectivity index (χ0n) is 22.3. The van der Waals surface area contributed by atoms with Crippen LogP contribution in [0.4, 0.5) is 0 Å². The molecule has 4 heterocycles. The molecule has 12 heteroatoms. The van der Waals surface area contributed by atoms with Crippen LogP contribution in [0.15, 0.2) is 52.2 Å². The molecule has 1 aliphatic heterocycles. The van der Waals surface area contributed by atoms with Crippen molar-refractivity contribution in [2.24, 2.45) is 5.92 Å². The number of aliphatic hydroxyl groups excluding tert-OH is 1. The third-order valence-corrected chi connectivity index (χ3v) is 9.01. The third kappa shape index (κ3) is 6.63. The van der Waals surface area contributed by atoms with E-state index in [1.165, 1.54) is 16.6 Å². The van der Waals surface area contributed by atoms with Crippen molar-refractivity contribution < 1.29 is 27.5 Å². The summed E-state index contributed by atoms with van der Waals surface area (Å²) in [5, 5.41) is 16.5. The summed E-state index contributed by atoms with van der Waals surface area (Å²) < 4.78 is 33.1. The van der Waals surface area contributed by atoms with Crippen LogP contribution in [0.5, 0.6) is 0 Å². The molecule has 3 N–H and O–H groups in total. The fourth-order valence-electron chi connectivity index (χ4n) is 4.83. The highest BCUT2D eigenvalue weighted by Crippen LogP contribution is 2.25. The van der Waals surface area contributed by atoms with E-state index < -0.39 is 22.2 Å². The summed E-state index contributed by atoms with van der Waals surface area (Å²) in [5.41, 5.74) is 1.89. The number of nitrogens with one attached hydrogen (secondary N) is 2. The van der Waals surface area contributed by atoms with E-state index in [2.05, 4.69) is 20.6 Å². The molecule has 0 aliphatic carbocycles. The minimum absolute atomic E-state index is 0.0355. The van der Waals surface area contributed by atoms with E-state index in [4.69, 9.17) is 4.42 Å². The Balaban J connectivity index is 1.26. The summed E-state index contributed by atoms with van der Waals surface area (Å²) >= 11 is 0. The maximum atomic E-state index is 13.1. The Morgan fingerprint density at radius 2 is 1.95 bits per heavy atom. The molecule has 3 aromatic rings. The number of aryl methyl sites for hydroxylation is 1. The van der Waals surface area contributed by atoms with Crippen molar-refractivity contribution >= 4 is 32.9 Å². The first-order valence-electron chi connectivity index (χ1n) is 13.1. The number of furan rings is 1. The van der Waals surface area contributed by atoms with Gasteiger partial charge in [-0.25, -0.2) is 13.4 Å². The number of β-amino-alcohol motifs (C(OH)–C–C–N with tert-alkyl or cyclic N) is 1. The van der Waals surface area contributed by atoms with E-state index in [0.717, 1.165) is 0 Å². The number of nitrogens with zero attached hydrogens (tertiary/aromatic N) is 3. The SMILES string of the molecule is Cc1c(C(=O)NCCC(C)CC(=O)N[C@H]2CC[C@@H](C)N(S(=O)(=O)c3ccccn3)C[C@@H]2O)oc2cccnc12. The van der Waals surface area contributed by atoms with Crippen LogP contribution in [0.1, 0.15) is 55.6 Å². The number of hydrogen-bond donors (Lipinski definition) is 3. The zero-order chi connectivity index (χ0) is 28.2. The summed E-state index contributed by atoms with van der Waals surface area (Å²) in [6.45, 7) is 5.72. The number of pyridine rings is 2. The first-order chi connectivity index (χ1) is 18.6. The lowest BCUT2D eigenvalue weighted by molar-refractivity contribution is -0.123. The monoisotopic (exact) mass is 557 g/mol. The van der Waals surface area contributed by atoms with Crippen molar-refractivity contribution in [2.75, 3.05) is 13.1 Å². The second-order valence-electron chi connectivity index (χ2n) is 10.2. The molecule has 3 aromatic heterocycles. The van der Waals surface area contributed by atoms with E-state index in [1.54, 1.807) is 44.3 Å². The molecule has 0 bridgehead atoms. The zero-order valence-corrected chi connectivity index (χ0v) is 23.1. The molecule has 210 valence electrons. The van der Waals surface area contributed by atoms with Gasteiger partial charge >= 0.3 is 0 Å². The second-order valence-corrected chi connectivity index (χ2v) is 12.0. The van der Waals surface area contributed by atoms with Gasteiger partial charge in [-0.1, -0.05) is 13.0 Å². The Bertz CT molecular complexity index is 1410. The average Bonchev–Trinajstić information content (AvgIpc) is 3.18. The highest BCUT2D eigenvalue weighted by Gasteiger charge is 2.37. The van der Waals surface area contributed by atoms with Gasteiger partial charge in [0, 0.05) is 43.5 Å². The maximum absolute atomic E-state index is 13.1. The van der Waals surface area contributed by atoms with Crippen LogP contribution in [0, 0.1) is 12.8 Å². The molecular formula is C27H35N5O6S. The fourth-order valence-corrected chi connectivity index (χ4v) is 6.45. The lowest BCUT2D eigenvalue weighted by Crippen LogP contribution is -2.48. The van der Waals surface area contributed by atoms with Crippen molar-refractivity contribution in [3.8, 4) is 0 Å².